The first-order chi connectivity index (χ1) is 3.81. The maximum absolute atomic E-state index is 5.84. The van der Waals surface area contributed by atoms with E-state index in [4.69, 9.17) is 15.7 Å². The first kappa shape index (κ1) is 8.68. The van der Waals surface area contributed by atoms with Gasteiger partial charge >= 0.3 is 0 Å². The van der Waals surface area contributed by atoms with Crippen LogP contribution in [0.4, 0.5) is 0 Å². The third-order valence-electron chi connectivity index (χ3n) is 0.949. The van der Waals surface area contributed by atoms with Crippen LogP contribution in [0.3, 0.4) is 0 Å². The molecule has 0 aliphatic heterocycles. The third kappa shape index (κ3) is 4.83. The molecule has 0 aliphatic rings. The summed E-state index contributed by atoms with van der Waals surface area (Å²) in [4.78, 5) is 0. The fourth-order valence-corrected chi connectivity index (χ4v) is 3.95. The summed E-state index contributed by atoms with van der Waals surface area (Å²) < 4.78 is 5.10. The Kier molecular flexibility index (Phi) is 6.31. The van der Waals surface area contributed by atoms with Gasteiger partial charge in [-0.2, -0.15) is 0 Å². The molecule has 8 heavy (non-hydrogen) atoms. The van der Waals surface area contributed by atoms with Gasteiger partial charge in [0.15, 0.2) is 9.76 Å². The molecule has 0 aromatic heterocycles. The van der Waals surface area contributed by atoms with Crippen molar-refractivity contribution in [3.8, 4) is 0 Å². The fourth-order valence-electron chi connectivity index (χ4n) is 0.577. The maximum atomic E-state index is 5.84. The number of alkyl halides is 1. The molecule has 0 saturated heterocycles. The molecule has 0 heterocycles. The Bertz CT molecular complexity index is 47.3. The van der Waals surface area contributed by atoms with Crippen molar-refractivity contribution in [2.75, 3.05) is 0 Å². The first-order valence-electron chi connectivity index (χ1n) is 2.94. The highest BCUT2D eigenvalue weighted by Crippen LogP contribution is 2.01. The zero-order valence-electron chi connectivity index (χ0n) is 5.48. The number of hydrogen-bond acceptors (Lipinski definition) is 1. The van der Waals surface area contributed by atoms with Crippen LogP contribution < -0.4 is 0 Å². The van der Waals surface area contributed by atoms with Gasteiger partial charge in [-0.25, -0.2) is 0 Å². The topological polar surface area (TPSA) is 9.23 Å². The summed E-state index contributed by atoms with van der Waals surface area (Å²) in [6.45, 7) is 2.15. The fraction of sp³-hybridized carbons (Fsp3) is 1.00. The average molecular weight is 169 g/mol. The van der Waals surface area contributed by atoms with Crippen molar-refractivity contribution in [1.82, 2.24) is 0 Å². The van der Waals surface area contributed by atoms with Crippen molar-refractivity contribution in [3.05, 3.63) is 0 Å². The Hall–Kier alpha value is 0.684. The van der Waals surface area contributed by atoms with E-state index in [1.807, 2.05) is 0 Å². The second-order valence-electron chi connectivity index (χ2n) is 1.84. The standard InChI is InChI=1S/C4H13ClOSi2/c1-2-3-4(5)8-6-7/h4H,2-3,8H2,1,7H3. The van der Waals surface area contributed by atoms with Crippen LogP contribution in [0.5, 0.6) is 0 Å². The molecule has 0 aromatic carbocycles. The minimum absolute atomic E-state index is 0.338. The Morgan fingerprint density at radius 2 is 2.50 bits per heavy atom. The molecule has 4 heteroatoms. The highest BCUT2D eigenvalue weighted by molar-refractivity contribution is 6.51. The van der Waals surface area contributed by atoms with Gasteiger partial charge in [0.2, 0.25) is 0 Å². The molecular formula is C4H13ClOSi2. The van der Waals surface area contributed by atoms with Crippen LogP contribution in [0.15, 0.2) is 0 Å². The Labute approximate surface area is 61.2 Å². The molecule has 0 bridgehead atoms. The largest absolute Gasteiger partial charge is 0.467 e. The summed E-state index contributed by atoms with van der Waals surface area (Å²) in [6.07, 6.45) is 2.32. The van der Waals surface area contributed by atoms with Gasteiger partial charge in [-0.1, -0.05) is 13.3 Å². The molecule has 0 N–H and O–H groups in total. The zero-order chi connectivity index (χ0) is 6.41. The van der Waals surface area contributed by atoms with Crippen molar-refractivity contribution >= 4 is 31.9 Å². The van der Waals surface area contributed by atoms with Crippen LogP contribution in [0, 0.1) is 0 Å². The summed E-state index contributed by atoms with van der Waals surface area (Å²) >= 11 is 5.84. The SMILES string of the molecule is CCCC(Cl)[SiH2]O[SiH3]. The van der Waals surface area contributed by atoms with Crippen LogP contribution in [0.1, 0.15) is 19.8 Å². The van der Waals surface area contributed by atoms with Crippen LogP contribution in [-0.4, -0.2) is 25.2 Å². The molecule has 1 unspecified atom stereocenters. The summed E-state index contributed by atoms with van der Waals surface area (Å²) in [6, 6.07) is 0. The van der Waals surface area contributed by atoms with Crippen LogP contribution >= 0.6 is 11.6 Å². The van der Waals surface area contributed by atoms with Gasteiger partial charge in [-0.05, 0) is 6.42 Å². The van der Waals surface area contributed by atoms with Crippen LogP contribution in [-0.2, 0) is 4.12 Å². The van der Waals surface area contributed by atoms with Gasteiger partial charge in [-0.15, -0.1) is 11.6 Å². The van der Waals surface area contributed by atoms with Gasteiger partial charge < -0.3 is 4.12 Å². The number of rotatable bonds is 4. The molecule has 0 spiro atoms. The average Bonchev–Trinajstić information content (AvgIpc) is 1.68. The molecule has 0 rings (SSSR count). The molecule has 0 fully saturated rings. The molecule has 0 aromatic rings. The smallest absolute Gasteiger partial charge is 0.163 e. The molecule has 0 saturated carbocycles. The van der Waals surface area contributed by atoms with E-state index in [1.165, 1.54) is 6.42 Å². The van der Waals surface area contributed by atoms with Crippen molar-refractivity contribution in [1.29, 1.82) is 0 Å². The van der Waals surface area contributed by atoms with E-state index < -0.39 is 0 Å². The summed E-state index contributed by atoms with van der Waals surface area (Å²) in [5, 5.41) is 0.387. The zero-order valence-corrected chi connectivity index (χ0v) is 9.66. The van der Waals surface area contributed by atoms with Gasteiger partial charge in [0, 0.05) is 5.00 Å². The van der Waals surface area contributed by atoms with Crippen LogP contribution in [0.25, 0.3) is 0 Å². The molecule has 0 amide bonds. The number of hydrogen-bond donors (Lipinski definition) is 0. The lowest BCUT2D eigenvalue weighted by atomic mass is 10.4. The Morgan fingerprint density at radius 3 is 2.88 bits per heavy atom. The first-order valence-corrected chi connectivity index (χ1v) is 5.59. The highest BCUT2D eigenvalue weighted by atomic mass is 35.5. The lowest BCUT2D eigenvalue weighted by molar-refractivity contribution is 0.645. The molecule has 1 atom stereocenters. The second kappa shape index (κ2) is 5.81. The van der Waals surface area contributed by atoms with Gasteiger partial charge in [0.05, 0.1) is 0 Å². The normalized spacial score (nSPS) is 15.8. The van der Waals surface area contributed by atoms with Crippen molar-refractivity contribution in [2.45, 2.75) is 24.8 Å². The lowest BCUT2D eigenvalue weighted by Crippen LogP contribution is -2.11. The van der Waals surface area contributed by atoms with Crippen molar-refractivity contribution < 1.29 is 4.12 Å². The minimum Gasteiger partial charge on any atom is -0.467 e. The van der Waals surface area contributed by atoms with Gasteiger partial charge in [-0.3, -0.25) is 0 Å². The second-order valence-corrected chi connectivity index (χ2v) is 6.60. The monoisotopic (exact) mass is 168 g/mol. The van der Waals surface area contributed by atoms with Gasteiger partial charge in [0.25, 0.3) is 0 Å². The predicted octanol–water partition coefficient (Wildman–Crippen LogP) is -0.268. The van der Waals surface area contributed by atoms with E-state index in [-0.39, 0.29) is 9.76 Å². The van der Waals surface area contributed by atoms with Crippen molar-refractivity contribution in [2.24, 2.45) is 0 Å². The Morgan fingerprint density at radius 1 is 1.88 bits per heavy atom. The molecule has 50 valence electrons. The summed E-state index contributed by atoms with van der Waals surface area (Å²) in [7, 11) is 0.534. The Balaban J connectivity index is 2.92. The highest BCUT2D eigenvalue weighted by Gasteiger charge is 2.00. The predicted molar refractivity (Wildman–Crippen MR) is 44.1 cm³/mol. The van der Waals surface area contributed by atoms with E-state index in [1.54, 1.807) is 0 Å². The molecule has 1 nitrogen and oxygen atoms in total. The van der Waals surface area contributed by atoms with Gasteiger partial charge in [0.1, 0.15) is 10.5 Å². The molecular weight excluding hydrogens is 156 g/mol. The van der Waals surface area contributed by atoms with E-state index in [0.717, 1.165) is 16.9 Å². The van der Waals surface area contributed by atoms with E-state index in [9.17, 15) is 0 Å². The molecule has 0 aliphatic carbocycles. The number of halogens is 1. The minimum atomic E-state index is -0.338. The third-order valence-corrected chi connectivity index (χ3v) is 3.65. The van der Waals surface area contributed by atoms with E-state index >= 15 is 0 Å². The summed E-state index contributed by atoms with van der Waals surface area (Å²) in [5.74, 6) is 0. The summed E-state index contributed by atoms with van der Waals surface area (Å²) in [5.41, 5.74) is 0. The van der Waals surface area contributed by atoms with Crippen LogP contribution in [0.2, 0.25) is 0 Å². The maximum Gasteiger partial charge on any atom is 0.163 e. The lowest BCUT2D eigenvalue weighted by Gasteiger charge is -2.03. The van der Waals surface area contributed by atoms with Crippen molar-refractivity contribution in [3.63, 3.8) is 0 Å². The van der Waals surface area contributed by atoms with E-state index in [0.29, 0.717) is 5.00 Å². The van der Waals surface area contributed by atoms with E-state index in [2.05, 4.69) is 6.92 Å². The quantitative estimate of drug-likeness (QED) is 0.415. The molecule has 0 radical (unpaired) electrons.